The number of hydrogen-bond acceptors (Lipinski definition) is 5. The fourth-order valence-electron chi connectivity index (χ4n) is 2.17. The summed E-state index contributed by atoms with van der Waals surface area (Å²) in [6.07, 6.45) is 4.11. The van der Waals surface area contributed by atoms with Gasteiger partial charge in [0, 0.05) is 24.2 Å². The van der Waals surface area contributed by atoms with Crippen LogP contribution in [0, 0.1) is 0 Å². The molecule has 2 N–H and O–H groups in total. The predicted octanol–water partition coefficient (Wildman–Crippen LogP) is 2.94. The maximum Gasteiger partial charge on any atom is 0.141 e. The topological polar surface area (TPSA) is 61.0 Å². The standard InChI is InChI=1S/C15H15N3OS/c1-19-13-9-17-7-6-10(13)11(16)8-15-18-12-4-2-3-5-14(12)20-15/h2-7,9,11H,8,16H2,1H3. The van der Waals surface area contributed by atoms with Crippen LogP contribution in [0.3, 0.4) is 0 Å². The fourth-order valence-corrected chi connectivity index (χ4v) is 3.20. The lowest BCUT2D eigenvalue weighted by Gasteiger charge is -2.13. The second kappa shape index (κ2) is 5.56. The van der Waals surface area contributed by atoms with Gasteiger partial charge in [-0.15, -0.1) is 11.3 Å². The highest BCUT2D eigenvalue weighted by molar-refractivity contribution is 7.18. The Labute approximate surface area is 121 Å². The summed E-state index contributed by atoms with van der Waals surface area (Å²) in [6.45, 7) is 0. The van der Waals surface area contributed by atoms with Crippen molar-refractivity contribution in [3.8, 4) is 5.75 Å². The Kier molecular flexibility index (Phi) is 3.62. The summed E-state index contributed by atoms with van der Waals surface area (Å²) in [6, 6.07) is 9.88. The Hall–Kier alpha value is -1.98. The minimum atomic E-state index is -0.145. The number of fused-ring (bicyclic) bond motifs is 1. The van der Waals surface area contributed by atoms with Crippen LogP contribution in [0.15, 0.2) is 42.7 Å². The molecule has 0 bridgehead atoms. The first kappa shape index (κ1) is 13.0. The molecular weight excluding hydrogens is 270 g/mol. The Morgan fingerprint density at radius 1 is 1.30 bits per heavy atom. The van der Waals surface area contributed by atoms with E-state index >= 15 is 0 Å². The van der Waals surface area contributed by atoms with Crippen LogP contribution < -0.4 is 10.5 Å². The van der Waals surface area contributed by atoms with Crippen LogP contribution in [0.2, 0.25) is 0 Å². The van der Waals surface area contributed by atoms with E-state index in [-0.39, 0.29) is 6.04 Å². The zero-order chi connectivity index (χ0) is 13.9. The second-order valence-corrected chi connectivity index (χ2v) is 5.62. The molecular formula is C15H15N3OS. The Bertz CT molecular complexity index is 693. The molecule has 4 nitrogen and oxygen atoms in total. The number of nitrogens with two attached hydrogens (primary N) is 1. The van der Waals surface area contributed by atoms with Gasteiger partial charge >= 0.3 is 0 Å². The molecule has 0 fully saturated rings. The van der Waals surface area contributed by atoms with Crippen molar-refractivity contribution in [3.63, 3.8) is 0 Å². The summed E-state index contributed by atoms with van der Waals surface area (Å²) in [5.74, 6) is 0.723. The number of rotatable bonds is 4. The highest BCUT2D eigenvalue weighted by atomic mass is 32.1. The highest BCUT2D eigenvalue weighted by Crippen LogP contribution is 2.28. The first-order chi connectivity index (χ1) is 9.78. The van der Waals surface area contributed by atoms with Gasteiger partial charge in [-0.05, 0) is 18.2 Å². The lowest BCUT2D eigenvalue weighted by molar-refractivity contribution is 0.403. The summed E-state index contributed by atoms with van der Waals surface area (Å²) >= 11 is 1.69. The van der Waals surface area contributed by atoms with Crippen molar-refractivity contribution in [2.45, 2.75) is 12.5 Å². The Balaban J connectivity index is 1.86. The van der Waals surface area contributed by atoms with Crippen LogP contribution in [0.25, 0.3) is 10.2 Å². The molecule has 1 aromatic carbocycles. The molecule has 0 aliphatic heterocycles. The molecule has 102 valence electrons. The van der Waals surface area contributed by atoms with Gasteiger partial charge in [-0.2, -0.15) is 0 Å². The number of para-hydroxylation sites is 1. The van der Waals surface area contributed by atoms with E-state index in [9.17, 15) is 0 Å². The van der Waals surface area contributed by atoms with Gasteiger partial charge < -0.3 is 10.5 Å². The molecule has 20 heavy (non-hydrogen) atoms. The van der Waals surface area contributed by atoms with E-state index in [4.69, 9.17) is 10.5 Å². The molecule has 1 unspecified atom stereocenters. The van der Waals surface area contributed by atoms with Gasteiger partial charge in [-0.25, -0.2) is 4.98 Å². The lowest BCUT2D eigenvalue weighted by Crippen LogP contribution is -2.14. The number of pyridine rings is 1. The molecule has 2 heterocycles. The monoisotopic (exact) mass is 285 g/mol. The fraction of sp³-hybridized carbons (Fsp3) is 0.200. The largest absolute Gasteiger partial charge is 0.495 e. The van der Waals surface area contributed by atoms with E-state index in [0.717, 1.165) is 21.8 Å². The van der Waals surface area contributed by atoms with Crippen LogP contribution in [0.5, 0.6) is 5.75 Å². The van der Waals surface area contributed by atoms with Crippen LogP contribution in [0.1, 0.15) is 16.6 Å². The van der Waals surface area contributed by atoms with Crippen LogP contribution in [0.4, 0.5) is 0 Å². The molecule has 0 radical (unpaired) electrons. The van der Waals surface area contributed by atoms with Crippen LogP contribution in [-0.2, 0) is 6.42 Å². The van der Waals surface area contributed by atoms with E-state index in [1.54, 1.807) is 30.8 Å². The first-order valence-electron chi connectivity index (χ1n) is 6.36. The molecule has 0 saturated carbocycles. The molecule has 2 aromatic heterocycles. The first-order valence-corrected chi connectivity index (χ1v) is 7.17. The van der Waals surface area contributed by atoms with Gasteiger partial charge in [0.25, 0.3) is 0 Å². The van der Waals surface area contributed by atoms with Crippen molar-refractivity contribution in [2.75, 3.05) is 7.11 Å². The van der Waals surface area contributed by atoms with E-state index < -0.39 is 0 Å². The number of aromatic nitrogens is 2. The van der Waals surface area contributed by atoms with Crippen molar-refractivity contribution < 1.29 is 4.74 Å². The molecule has 3 rings (SSSR count). The minimum Gasteiger partial charge on any atom is -0.495 e. The van der Waals surface area contributed by atoms with E-state index in [2.05, 4.69) is 16.0 Å². The predicted molar refractivity (Wildman–Crippen MR) is 81.0 cm³/mol. The maximum absolute atomic E-state index is 6.28. The average Bonchev–Trinajstić information content (AvgIpc) is 2.89. The second-order valence-electron chi connectivity index (χ2n) is 4.50. The van der Waals surface area contributed by atoms with E-state index in [0.29, 0.717) is 6.42 Å². The Morgan fingerprint density at radius 2 is 2.15 bits per heavy atom. The van der Waals surface area contributed by atoms with Crippen LogP contribution >= 0.6 is 11.3 Å². The number of methoxy groups -OCH3 is 1. The minimum absolute atomic E-state index is 0.145. The van der Waals surface area contributed by atoms with Gasteiger partial charge in [0.15, 0.2) is 0 Å². The third kappa shape index (κ3) is 2.50. The summed E-state index contributed by atoms with van der Waals surface area (Å²) in [5, 5.41) is 1.04. The smallest absolute Gasteiger partial charge is 0.141 e. The maximum atomic E-state index is 6.28. The molecule has 0 aliphatic carbocycles. The molecule has 0 aliphatic rings. The molecule has 0 spiro atoms. The van der Waals surface area contributed by atoms with Crippen molar-refractivity contribution in [1.29, 1.82) is 0 Å². The highest BCUT2D eigenvalue weighted by Gasteiger charge is 2.14. The Morgan fingerprint density at radius 3 is 2.95 bits per heavy atom. The van der Waals surface area contributed by atoms with E-state index in [1.165, 1.54) is 4.70 Å². The van der Waals surface area contributed by atoms with Gasteiger partial charge in [0.05, 0.1) is 28.5 Å². The van der Waals surface area contributed by atoms with Gasteiger partial charge in [0.2, 0.25) is 0 Å². The normalized spacial score (nSPS) is 12.5. The number of nitrogens with zero attached hydrogens (tertiary/aromatic N) is 2. The summed E-state index contributed by atoms with van der Waals surface area (Å²) in [5.41, 5.74) is 8.27. The van der Waals surface area contributed by atoms with E-state index in [1.807, 2.05) is 24.3 Å². The summed E-state index contributed by atoms with van der Waals surface area (Å²) < 4.78 is 6.49. The molecule has 0 amide bonds. The third-order valence-electron chi connectivity index (χ3n) is 3.17. The van der Waals surface area contributed by atoms with Crippen LogP contribution in [-0.4, -0.2) is 17.1 Å². The molecule has 1 atom stereocenters. The molecule has 5 heteroatoms. The quantitative estimate of drug-likeness (QED) is 0.800. The van der Waals surface area contributed by atoms with Crippen molar-refractivity contribution >= 4 is 21.6 Å². The molecule has 3 aromatic rings. The third-order valence-corrected chi connectivity index (χ3v) is 4.23. The van der Waals surface area contributed by atoms with Gasteiger partial charge in [-0.1, -0.05) is 12.1 Å². The average molecular weight is 285 g/mol. The number of benzene rings is 1. The zero-order valence-corrected chi connectivity index (χ0v) is 11.9. The molecule has 0 saturated heterocycles. The number of hydrogen-bond donors (Lipinski definition) is 1. The number of ether oxygens (including phenoxy) is 1. The summed E-state index contributed by atoms with van der Waals surface area (Å²) in [7, 11) is 1.63. The lowest BCUT2D eigenvalue weighted by atomic mass is 10.1. The number of thiazole rings is 1. The zero-order valence-electron chi connectivity index (χ0n) is 11.1. The SMILES string of the molecule is COc1cnccc1C(N)Cc1nc2ccccc2s1. The van der Waals surface area contributed by atoms with Crippen molar-refractivity contribution in [2.24, 2.45) is 5.73 Å². The van der Waals surface area contributed by atoms with Crippen molar-refractivity contribution in [1.82, 2.24) is 9.97 Å². The summed E-state index contributed by atoms with van der Waals surface area (Å²) in [4.78, 5) is 8.66. The van der Waals surface area contributed by atoms with Gasteiger partial charge in [0.1, 0.15) is 5.75 Å². The van der Waals surface area contributed by atoms with Crippen molar-refractivity contribution in [3.05, 3.63) is 53.3 Å². The van der Waals surface area contributed by atoms with Gasteiger partial charge in [-0.3, -0.25) is 4.98 Å².